The highest BCUT2D eigenvalue weighted by molar-refractivity contribution is 5.95. The van der Waals surface area contributed by atoms with Crippen LogP contribution in [0.25, 0.3) is 0 Å². The van der Waals surface area contributed by atoms with Crippen LogP contribution in [0.5, 0.6) is 5.75 Å². The maximum Gasteiger partial charge on any atom is 0.339 e. The highest BCUT2D eigenvalue weighted by Gasteiger charge is 2.15. The van der Waals surface area contributed by atoms with E-state index in [0.717, 1.165) is 5.56 Å². The predicted octanol–water partition coefficient (Wildman–Crippen LogP) is 1.99. The number of esters is 1. The average molecular weight is 287 g/mol. The molecule has 0 spiro atoms. The van der Waals surface area contributed by atoms with Gasteiger partial charge in [0.15, 0.2) is 5.75 Å². The number of carboxylic acids is 1. The van der Waals surface area contributed by atoms with Crippen LogP contribution >= 0.6 is 0 Å². The fourth-order valence-corrected chi connectivity index (χ4v) is 1.73. The highest BCUT2D eigenvalue weighted by atomic mass is 16.6. The van der Waals surface area contributed by atoms with Gasteiger partial charge in [-0.3, -0.25) is 0 Å². The Bertz CT molecular complexity index is 654. The third kappa shape index (κ3) is 3.58. The van der Waals surface area contributed by atoms with Gasteiger partial charge in [0, 0.05) is 0 Å². The van der Waals surface area contributed by atoms with Gasteiger partial charge in [0.05, 0.1) is 5.56 Å². The molecule has 6 nitrogen and oxygen atoms in total. The molecule has 2 aromatic carbocycles. The molecule has 0 amide bonds. The van der Waals surface area contributed by atoms with E-state index in [1.807, 2.05) is 30.3 Å². The molecule has 3 N–H and O–H groups in total. The lowest BCUT2D eigenvalue weighted by Crippen LogP contribution is -2.11. The van der Waals surface area contributed by atoms with Crippen LogP contribution in [0.2, 0.25) is 0 Å². The molecular weight excluding hydrogens is 274 g/mol. The minimum atomic E-state index is -1.19. The quantitative estimate of drug-likeness (QED) is 0.644. The molecule has 108 valence electrons. The Hall–Kier alpha value is -2.86. The smallest absolute Gasteiger partial charge is 0.339 e. The summed E-state index contributed by atoms with van der Waals surface area (Å²) in [6.45, 7) is 0.124. The van der Waals surface area contributed by atoms with Crippen LogP contribution in [0.1, 0.15) is 26.3 Å². The summed E-state index contributed by atoms with van der Waals surface area (Å²) in [4.78, 5) is 27.3. The molecule has 0 fully saturated rings. The van der Waals surface area contributed by atoms with Gasteiger partial charge in [-0.25, -0.2) is 9.59 Å². The molecule has 0 aliphatic heterocycles. The van der Waals surface area contributed by atoms with Gasteiger partial charge in [-0.15, -0.1) is 0 Å². The van der Waals surface area contributed by atoms with Crippen LogP contribution in [0.15, 0.2) is 48.5 Å². The third-order valence-electron chi connectivity index (χ3n) is 2.79. The van der Waals surface area contributed by atoms with Crippen LogP contribution in [0.4, 0.5) is 0 Å². The SMILES string of the molecule is NOc1cc(C(=O)OCc2ccccc2)ccc1C(=O)O. The molecule has 0 saturated carbocycles. The van der Waals surface area contributed by atoms with Crippen LogP contribution < -0.4 is 10.7 Å². The Morgan fingerprint density at radius 3 is 2.43 bits per heavy atom. The topological polar surface area (TPSA) is 98.9 Å². The summed E-state index contributed by atoms with van der Waals surface area (Å²) < 4.78 is 5.13. The minimum Gasteiger partial charge on any atom is -0.478 e. The first kappa shape index (κ1) is 14.5. The van der Waals surface area contributed by atoms with E-state index in [4.69, 9.17) is 15.7 Å². The molecule has 6 heteroatoms. The van der Waals surface area contributed by atoms with Gasteiger partial charge in [0.1, 0.15) is 12.2 Å². The molecule has 0 heterocycles. The number of ether oxygens (including phenoxy) is 1. The first-order chi connectivity index (χ1) is 10.1. The number of hydrogen-bond donors (Lipinski definition) is 2. The second-order valence-corrected chi connectivity index (χ2v) is 4.20. The number of nitrogens with two attached hydrogens (primary N) is 1. The van der Waals surface area contributed by atoms with E-state index >= 15 is 0 Å². The molecule has 0 aliphatic carbocycles. The Kier molecular flexibility index (Phi) is 4.53. The van der Waals surface area contributed by atoms with Crippen molar-refractivity contribution in [3.63, 3.8) is 0 Å². The standard InChI is InChI=1S/C15H13NO5/c16-21-13-8-11(6-7-12(13)14(17)18)15(19)20-9-10-4-2-1-3-5-10/h1-8H,9,16H2,(H,17,18). The number of carbonyl (C=O) groups excluding carboxylic acids is 1. The van der Waals surface area contributed by atoms with Gasteiger partial charge in [0.2, 0.25) is 0 Å². The van der Waals surface area contributed by atoms with Gasteiger partial charge < -0.3 is 14.7 Å². The van der Waals surface area contributed by atoms with Gasteiger partial charge in [-0.2, -0.15) is 5.90 Å². The Balaban J connectivity index is 2.11. The lowest BCUT2D eigenvalue weighted by atomic mass is 10.1. The van der Waals surface area contributed by atoms with Gasteiger partial charge in [0.25, 0.3) is 0 Å². The fourth-order valence-electron chi connectivity index (χ4n) is 1.73. The number of benzene rings is 2. The molecule has 0 unspecified atom stereocenters. The monoisotopic (exact) mass is 287 g/mol. The highest BCUT2D eigenvalue weighted by Crippen LogP contribution is 2.20. The van der Waals surface area contributed by atoms with Crippen molar-refractivity contribution in [3.05, 3.63) is 65.2 Å². The Labute approximate surface area is 120 Å². The molecule has 21 heavy (non-hydrogen) atoms. The zero-order chi connectivity index (χ0) is 15.2. The largest absolute Gasteiger partial charge is 0.478 e. The average Bonchev–Trinajstić information content (AvgIpc) is 2.52. The molecular formula is C15H13NO5. The molecule has 0 bridgehead atoms. The molecule has 0 radical (unpaired) electrons. The summed E-state index contributed by atoms with van der Waals surface area (Å²) in [5.74, 6) is 3.12. The van der Waals surface area contributed by atoms with Crippen molar-refractivity contribution >= 4 is 11.9 Å². The summed E-state index contributed by atoms with van der Waals surface area (Å²) in [6.07, 6.45) is 0. The van der Waals surface area contributed by atoms with E-state index in [-0.39, 0.29) is 23.5 Å². The molecule has 0 saturated heterocycles. The predicted molar refractivity (Wildman–Crippen MR) is 73.8 cm³/mol. The van der Waals surface area contributed by atoms with Gasteiger partial charge in [-0.1, -0.05) is 30.3 Å². The van der Waals surface area contributed by atoms with Crippen molar-refractivity contribution in [1.82, 2.24) is 0 Å². The normalized spacial score (nSPS) is 9.95. The summed E-state index contributed by atoms with van der Waals surface area (Å²) in [5, 5.41) is 8.93. The van der Waals surface area contributed by atoms with Crippen molar-refractivity contribution in [2.45, 2.75) is 6.61 Å². The molecule has 2 aromatic rings. The zero-order valence-corrected chi connectivity index (χ0v) is 11.0. The lowest BCUT2D eigenvalue weighted by molar-refractivity contribution is 0.0471. The van der Waals surface area contributed by atoms with Crippen LogP contribution in [0, 0.1) is 0 Å². The molecule has 2 rings (SSSR count). The molecule has 0 atom stereocenters. The summed E-state index contributed by atoms with van der Waals surface area (Å²) in [5.41, 5.74) is 0.886. The van der Waals surface area contributed by atoms with E-state index < -0.39 is 11.9 Å². The lowest BCUT2D eigenvalue weighted by Gasteiger charge is -2.08. The summed E-state index contributed by atoms with van der Waals surface area (Å²) >= 11 is 0. The minimum absolute atomic E-state index is 0.100. The van der Waals surface area contributed by atoms with Crippen LogP contribution in [0.3, 0.4) is 0 Å². The number of aromatic carboxylic acids is 1. The van der Waals surface area contributed by atoms with E-state index in [0.29, 0.717) is 0 Å². The first-order valence-corrected chi connectivity index (χ1v) is 6.07. The van der Waals surface area contributed by atoms with E-state index in [9.17, 15) is 9.59 Å². The fraction of sp³-hybridized carbons (Fsp3) is 0.0667. The van der Waals surface area contributed by atoms with Crippen molar-refractivity contribution in [3.8, 4) is 5.75 Å². The maximum atomic E-state index is 11.9. The number of carbonyl (C=O) groups is 2. The van der Waals surface area contributed by atoms with Crippen LogP contribution in [-0.4, -0.2) is 17.0 Å². The van der Waals surface area contributed by atoms with E-state index in [1.54, 1.807) is 0 Å². The second-order valence-electron chi connectivity index (χ2n) is 4.20. The molecule has 0 aliphatic rings. The van der Waals surface area contributed by atoms with Crippen molar-refractivity contribution in [2.24, 2.45) is 5.90 Å². The van der Waals surface area contributed by atoms with Gasteiger partial charge >= 0.3 is 11.9 Å². The van der Waals surface area contributed by atoms with Crippen molar-refractivity contribution in [2.75, 3.05) is 0 Å². The van der Waals surface area contributed by atoms with Crippen LogP contribution in [-0.2, 0) is 11.3 Å². The molecule has 0 aromatic heterocycles. The Morgan fingerprint density at radius 2 is 1.81 bits per heavy atom. The second kappa shape index (κ2) is 6.53. The zero-order valence-electron chi connectivity index (χ0n) is 11.0. The Morgan fingerprint density at radius 1 is 1.10 bits per heavy atom. The summed E-state index contributed by atoms with van der Waals surface area (Å²) in [7, 11) is 0. The third-order valence-corrected chi connectivity index (χ3v) is 2.79. The van der Waals surface area contributed by atoms with E-state index in [1.165, 1.54) is 18.2 Å². The number of rotatable bonds is 5. The maximum absolute atomic E-state index is 11.9. The number of hydrogen-bond acceptors (Lipinski definition) is 5. The van der Waals surface area contributed by atoms with Gasteiger partial charge in [-0.05, 0) is 23.8 Å². The first-order valence-electron chi connectivity index (χ1n) is 6.07. The van der Waals surface area contributed by atoms with Crippen molar-refractivity contribution < 1.29 is 24.3 Å². The van der Waals surface area contributed by atoms with E-state index in [2.05, 4.69) is 4.84 Å². The summed E-state index contributed by atoms with van der Waals surface area (Å²) in [6, 6.07) is 13.0. The van der Waals surface area contributed by atoms with Crippen molar-refractivity contribution in [1.29, 1.82) is 0 Å². The number of carboxylic acid groups (broad SMARTS) is 1.